The van der Waals surface area contributed by atoms with Gasteiger partial charge in [0.15, 0.2) is 0 Å². The van der Waals surface area contributed by atoms with Crippen LogP contribution in [0.25, 0.3) is 0 Å². The fraction of sp³-hybridized carbons (Fsp3) is 0.538. The minimum Gasteiger partial charge on any atom is -0.385 e. The van der Waals surface area contributed by atoms with Crippen LogP contribution < -0.4 is 0 Å². The molecule has 0 aliphatic heterocycles. The van der Waals surface area contributed by atoms with Crippen molar-refractivity contribution in [2.24, 2.45) is 5.92 Å². The number of benzene rings is 1. The molecule has 2 atom stereocenters. The van der Waals surface area contributed by atoms with Crippen molar-refractivity contribution < 1.29 is 5.11 Å². The Bertz CT molecular complexity index is 350. The molecule has 0 saturated heterocycles. The van der Waals surface area contributed by atoms with E-state index in [4.69, 9.17) is 0 Å². The van der Waals surface area contributed by atoms with E-state index in [2.05, 4.69) is 22.9 Å². The monoisotopic (exact) mass is 268 g/mol. The SMILES string of the molecule is C[C@@H]1CCCC[C@]1(O)c1ccccc1Br. The summed E-state index contributed by atoms with van der Waals surface area (Å²) >= 11 is 3.53. The van der Waals surface area contributed by atoms with E-state index in [9.17, 15) is 5.11 Å². The van der Waals surface area contributed by atoms with Crippen molar-refractivity contribution in [1.29, 1.82) is 0 Å². The van der Waals surface area contributed by atoms with Crippen LogP contribution in [0.1, 0.15) is 38.2 Å². The number of aliphatic hydroxyl groups is 1. The van der Waals surface area contributed by atoms with Gasteiger partial charge in [-0.2, -0.15) is 0 Å². The van der Waals surface area contributed by atoms with Gasteiger partial charge in [0.05, 0.1) is 5.60 Å². The van der Waals surface area contributed by atoms with Crippen molar-refractivity contribution in [2.45, 2.75) is 38.2 Å². The molecule has 0 radical (unpaired) electrons. The topological polar surface area (TPSA) is 20.2 Å². The number of hydrogen-bond acceptors (Lipinski definition) is 1. The van der Waals surface area contributed by atoms with Crippen LogP contribution in [-0.4, -0.2) is 5.11 Å². The van der Waals surface area contributed by atoms with E-state index in [1.807, 2.05) is 24.3 Å². The fourth-order valence-corrected chi connectivity index (χ4v) is 3.17. The Morgan fingerprint density at radius 1 is 1.33 bits per heavy atom. The van der Waals surface area contributed by atoms with E-state index in [1.165, 1.54) is 6.42 Å². The molecule has 0 amide bonds. The summed E-state index contributed by atoms with van der Waals surface area (Å²) in [7, 11) is 0. The standard InChI is InChI=1S/C13H17BrO/c1-10-6-4-5-9-13(10,15)11-7-2-3-8-12(11)14/h2-3,7-8,10,15H,4-6,9H2,1H3/t10-,13-/m1/s1. The Labute approximate surface area is 99.6 Å². The lowest BCUT2D eigenvalue weighted by atomic mass is 9.72. The Hall–Kier alpha value is -0.340. The minimum atomic E-state index is -0.627. The largest absolute Gasteiger partial charge is 0.385 e. The van der Waals surface area contributed by atoms with Gasteiger partial charge in [-0.05, 0) is 30.4 Å². The van der Waals surface area contributed by atoms with E-state index in [-0.39, 0.29) is 0 Å². The van der Waals surface area contributed by atoms with Crippen LogP contribution in [-0.2, 0) is 5.60 Å². The summed E-state index contributed by atoms with van der Waals surface area (Å²) in [4.78, 5) is 0. The molecule has 1 aromatic rings. The van der Waals surface area contributed by atoms with Gasteiger partial charge in [0.2, 0.25) is 0 Å². The normalized spacial score (nSPS) is 31.5. The van der Waals surface area contributed by atoms with Crippen LogP contribution >= 0.6 is 15.9 Å². The second-order valence-corrected chi connectivity index (χ2v) is 5.41. The first-order chi connectivity index (χ1) is 7.14. The third-order valence-electron chi connectivity index (χ3n) is 3.60. The Morgan fingerprint density at radius 3 is 2.73 bits per heavy atom. The second-order valence-electron chi connectivity index (χ2n) is 4.55. The molecule has 1 N–H and O–H groups in total. The summed E-state index contributed by atoms with van der Waals surface area (Å²) in [5, 5.41) is 10.8. The number of rotatable bonds is 1. The maximum Gasteiger partial charge on any atom is 0.0932 e. The molecule has 0 bridgehead atoms. The molecule has 82 valence electrons. The van der Waals surface area contributed by atoms with Gasteiger partial charge >= 0.3 is 0 Å². The minimum absolute atomic E-state index is 0.352. The first-order valence-electron chi connectivity index (χ1n) is 5.62. The molecule has 1 aliphatic rings. The van der Waals surface area contributed by atoms with Gasteiger partial charge in [0, 0.05) is 4.47 Å². The summed E-state index contributed by atoms with van der Waals surface area (Å²) < 4.78 is 1.03. The summed E-state index contributed by atoms with van der Waals surface area (Å²) in [6.07, 6.45) is 4.38. The lowest BCUT2D eigenvalue weighted by Gasteiger charge is -2.39. The van der Waals surface area contributed by atoms with Gasteiger partial charge in [0.25, 0.3) is 0 Å². The average molecular weight is 269 g/mol. The second kappa shape index (κ2) is 4.26. The first kappa shape index (κ1) is 11.2. The van der Waals surface area contributed by atoms with Crippen LogP contribution in [0.2, 0.25) is 0 Å². The van der Waals surface area contributed by atoms with Crippen LogP contribution in [0, 0.1) is 5.92 Å². The molecule has 1 aliphatic carbocycles. The van der Waals surface area contributed by atoms with E-state index in [0.29, 0.717) is 5.92 Å². The van der Waals surface area contributed by atoms with Crippen molar-refractivity contribution in [3.05, 3.63) is 34.3 Å². The Balaban J connectivity index is 2.39. The van der Waals surface area contributed by atoms with E-state index < -0.39 is 5.60 Å². The maximum atomic E-state index is 10.8. The molecule has 1 aromatic carbocycles. The maximum absolute atomic E-state index is 10.8. The lowest BCUT2D eigenvalue weighted by Crippen LogP contribution is -2.36. The zero-order chi connectivity index (χ0) is 10.9. The lowest BCUT2D eigenvalue weighted by molar-refractivity contribution is -0.0475. The van der Waals surface area contributed by atoms with E-state index in [0.717, 1.165) is 29.3 Å². The highest BCUT2D eigenvalue weighted by molar-refractivity contribution is 9.10. The van der Waals surface area contributed by atoms with E-state index in [1.54, 1.807) is 0 Å². The summed E-state index contributed by atoms with van der Waals surface area (Å²) in [6.45, 7) is 2.15. The summed E-state index contributed by atoms with van der Waals surface area (Å²) in [5.41, 5.74) is 0.426. The molecule has 0 heterocycles. The zero-order valence-corrected chi connectivity index (χ0v) is 10.6. The zero-order valence-electron chi connectivity index (χ0n) is 9.04. The van der Waals surface area contributed by atoms with Crippen LogP contribution in [0.3, 0.4) is 0 Å². The van der Waals surface area contributed by atoms with Crippen LogP contribution in [0.5, 0.6) is 0 Å². The van der Waals surface area contributed by atoms with Crippen molar-refractivity contribution in [3.63, 3.8) is 0 Å². The summed E-state index contributed by atoms with van der Waals surface area (Å²) in [6, 6.07) is 8.03. The van der Waals surface area contributed by atoms with Gasteiger partial charge in [-0.1, -0.05) is 53.9 Å². The van der Waals surface area contributed by atoms with Crippen LogP contribution in [0.15, 0.2) is 28.7 Å². The molecule has 0 unspecified atom stereocenters. The van der Waals surface area contributed by atoms with Gasteiger partial charge in [-0.15, -0.1) is 0 Å². The molecule has 0 aromatic heterocycles. The molecule has 0 spiro atoms. The highest BCUT2D eigenvalue weighted by Crippen LogP contribution is 2.43. The fourth-order valence-electron chi connectivity index (χ4n) is 2.54. The van der Waals surface area contributed by atoms with Crippen molar-refractivity contribution in [3.8, 4) is 0 Å². The predicted molar refractivity (Wildman–Crippen MR) is 65.7 cm³/mol. The molecular weight excluding hydrogens is 252 g/mol. The van der Waals surface area contributed by atoms with E-state index >= 15 is 0 Å². The number of hydrogen-bond donors (Lipinski definition) is 1. The molecule has 15 heavy (non-hydrogen) atoms. The van der Waals surface area contributed by atoms with Gasteiger partial charge in [-0.25, -0.2) is 0 Å². The average Bonchev–Trinajstić information content (AvgIpc) is 2.23. The highest BCUT2D eigenvalue weighted by atomic mass is 79.9. The molecule has 1 fully saturated rings. The van der Waals surface area contributed by atoms with Gasteiger partial charge in [0.1, 0.15) is 0 Å². The van der Waals surface area contributed by atoms with Crippen molar-refractivity contribution in [2.75, 3.05) is 0 Å². The molecular formula is C13H17BrO. The molecule has 2 heteroatoms. The highest BCUT2D eigenvalue weighted by Gasteiger charge is 2.38. The smallest absolute Gasteiger partial charge is 0.0932 e. The van der Waals surface area contributed by atoms with Crippen LogP contribution in [0.4, 0.5) is 0 Å². The van der Waals surface area contributed by atoms with Gasteiger partial charge < -0.3 is 5.11 Å². The third kappa shape index (κ3) is 1.98. The summed E-state index contributed by atoms with van der Waals surface area (Å²) in [5.74, 6) is 0.352. The Kier molecular flexibility index (Phi) is 3.17. The third-order valence-corrected chi connectivity index (χ3v) is 4.29. The Morgan fingerprint density at radius 2 is 2.07 bits per heavy atom. The predicted octanol–water partition coefficient (Wildman–Crippen LogP) is 3.85. The quantitative estimate of drug-likeness (QED) is 0.821. The first-order valence-corrected chi connectivity index (χ1v) is 6.41. The van der Waals surface area contributed by atoms with Crippen molar-refractivity contribution >= 4 is 15.9 Å². The van der Waals surface area contributed by atoms with Gasteiger partial charge in [-0.3, -0.25) is 0 Å². The van der Waals surface area contributed by atoms with Crippen molar-refractivity contribution in [1.82, 2.24) is 0 Å². The molecule has 2 rings (SSSR count). The molecule has 1 nitrogen and oxygen atoms in total. The molecule has 1 saturated carbocycles. The number of halogens is 1.